The maximum atomic E-state index is 13.4. The normalized spacial score (nSPS) is 23.2. The minimum Gasteiger partial charge on any atom is -0.331 e. The molecule has 9 heteroatoms. The second-order valence-electron chi connectivity index (χ2n) is 9.83. The second-order valence-corrected chi connectivity index (χ2v) is 9.83. The van der Waals surface area contributed by atoms with E-state index in [0.29, 0.717) is 36.2 Å². The Morgan fingerprint density at radius 3 is 2.69 bits per heavy atom. The molecule has 2 aromatic carbocycles. The number of H-pyrrole nitrogens is 2. The molecular weight excluding hydrogens is 449 g/mol. The van der Waals surface area contributed by atoms with Crippen LogP contribution in [0.3, 0.4) is 0 Å². The van der Waals surface area contributed by atoms with Gasteiger partial charge in [-0.15, -0.1) is 0 Å². The van der Waals surface area contributed by atoms with Crippen molar-refractivity contribution in [2.24, 2.45) is 0 Å². The number of hydrogen-bond acceptors (Lipinski definition) is 4. The van der Waals surface area contributed by atoms with Crippen molar-refractivity contribution in [2.45, 2.75) is 57.2 Å². The Kier molecular flexibility index (Phi) is 6.19. The van der Waals surface area contributed by atoms with Gasteiger partial charge in [0.15, 0.2) is 0 Å². The fraction of sp³-hybridized carbons (Fsp3) is 0.423. The number of benzene rings is 2. The summed E-state index contributed by atoms with van der Waals surface area (Å²) in [5.74, 6) is -0.316. The molecule has 0 spiro atoms. The predicted octanol–water partition coefficient (Wildman–Crippen LogP) is 3.37. The van der Waals surface area contributed by atoms with E-state index in [4.69, 9.17) is 0 Å². The molecule has 2 aliphatic rings. The summed E-state index contributed by atoms with van der Waals surface area (Å²) in [6, 6.07) is 11.6. The zero-order valence-corrected chi connectivity index (χ0v) is 19.8. The number of amides is 2. The average Bonchev–Trinajstić information content (AvgIpc) is 3.34. The highest BCUT2D eigenvalue weighted by Gasteiger charge is 2.49. The highest BCUT2D eigenvalue weighted by molar-refractivity contribution is 5.94. The number of fused-ring (bicyclic) bond motifs is 2. The second kappa shape index (κ2) is 9.30. The molecule has 2 aliphatic heterocycles. The predicted molar refractivity (Wildman–Crippen MR) is 131 cm³/mol. The zero-order chi connectivity index (χ0) is 24.6. The van der Waals surface area contributed by atoms with Gasteiger partial charge < -0.3 is 20.2 Å². The molecule has 5 rings (SSSR count). The van der Waals surface area contributed by atoms with Gasteiger partial charge in [0.1, 0.15) is 5.82 Å². The summed E-state index contributed by atoms with van der Waals surface area (Å²) in [4.78, 5) is 47.2. The summed E-state index contributed by atoms with van der Waals surface area (Å²) in [7, 11) is 0. The highest BCUT2D eigenvalue weighted by atomic mass is 19.1. The Balaban J connectivity index is 1.32. The molecule has 0 aliphatic carbocycles. The lowest BCUT2D eigenvalue weighted by Gasteiger charge is -2.46. The molecule has 2 amide bonds. The standard InChI is InChI=1S/C26H30FN5O3/c1-26-12-13-31(16-23(33)28-19-10-11-20-21(14-19)30-25(35)29-20)22(26)4-2-3-5-24(34)32(26)15-17-6-8-18(27)9-7-17/h6-11,14,22H,2-5,12-13,15-16H2,1H3,(H,28,33)(H2,29,30,35)/t22-,26-/m0/s1. The van der Waals surface area contributed by atoms with Gasteiger partial charge >= 0.3 is 5.69 Å². The molecule has 0 radical (unpaired) electrons. The van der Waals surface area contributed by atoms with Crippen LogP contribution in [0.2, 0.25) is 0 Å². The lowest BCUT2D eigenvalue weighted by Crippen LogP contribution is -2.57. The zero-order valence-electron chi connectivity index (χ0n) is 19.8. The van der Waals surface area contributed by atoms with Crippen molar-refractivity contribution in [3.05, 3.63) is 64.3 Å². The molecule has 184 valence electrons. The Labute approximate surface area is 202 Å². The van der Waals surface area contributed by atoms with Crippen molar-refractivity contribution in [1.29, 1.82) is 0 Å². The SMILES string of the molecule is C[C@]12CCN(CC(=O)Nc3ccc4[nH]c(=O)[nH]c4c3)[C@H]1CCCCC(=O)N2Cc1ccc(F)cc1. The van der Waals surface area contributed by atoms with Crippen molar-refractivity contribution in [1.82, 2.24) is 19.8 Å². The molecule has 1 aromatic heterocycles. The number of nitrogens with one attached hydrogen (secondary N) is 3. The number of nitrogens with zero attached hydrogens (tertiary/aromatic N) is 2. The fourth-order valence-electron chi connectivity index (χ4n) is 5.65. The van der Waals surface area contributed by atoms with Gasteiger partial charge in [-0.1, -0.05) is 18.6 Å². The number of aromatic amines is 2. The van der Waals surface area contributed by atoms with Crippen LogP contribution in [0.25, 0.3) is 11.0 Å². The molecule has 2 fully saturated rings. The van der Waals surface area contributed by atoms with Gasteiger partial charge in [0.2, 0.25) is 11.8 Å². The maximum absolute atomic E-state index is 13.4. The van der Waals surface area contributed by atoms with Gasteiger partial charge in [-0.05, 0) is 62.1 Å². The van der Waals surface area contributed by atoms with Crippen LogP contribution in [0.5, 0.6) is 0 Å². The summed E-state index contributed by atoms with van der Waals surface area (Å²) in [5, 5.41) is 2.94. The summed E-state index contributed by atoms with van der Waals surface area (Å²) >= 11 is 0. The van der Waals surface area contributed by atoms with Crippen LogP contribution in [-0.4, -0.2) is 56.3 Å². The summed E-state index contributed by atoms with van der Waals surface area (Å²) in [6.07, 6.45) is 3.95. The molecular formula is C26H30FN5O3. The number of rotatable bonds is 5. The Hall–Kier alpha value is -3.46. The van der Waals surface area contributed by atoms with Crippen molar-refractivity contribution >= 4 is 28.5 Å². The number of aromatic nitrogens is 2. The lowest BCUT2D eigenvalue weighted by molar-refractivity contribution is -0.140. The van der Waals surface area contributed by atoms with E-state index in [-0.39, 0.29) is 35.9 Å². The quantitative estimate of drug-likeness (QED) is 0.522. The minimum atomic E-state index is -0.407. The van der Waals surface area contributed by atoms with E-state index in [0.717, 1.165) is 31.2 Å². The smallest absolute Gasteiger partial charge is 0.323 e. The van der Waals surface area contributed by atoms with E-state index >= 15 is 0 Å². The molecule has 2 saturated heterocycles. The summed E-state index contributed by atoms with van der Waals surface area (Å²) < 4.78 is 13.4. The van der Waals surface area contributed by atoms with Gasteiger partial charge in [0.05, 0.1) is 23.1 Å². The van der Waals surface area contributed by atoms with Gasteiger partial charge in [-0.3, -0.25) is 14.5 Å². The molecule has 0 saturated carbocycles. The molecule has 8 nitrogen and oxygen atoms in total. The molecule has 0 bridgehead atoms. The first-order valence-corrected chi connectivity index (χ1v) is 12.1. The number of halogens is 1. The van der Waals surface area contributed by atoms with Crippen LogP contribution in [-0.2, 0) is 16.1 Å². The van der Waals surface area contributed by atoms with Gasteiger partial charge in [0.25, 0.3) is 0 Å². The van der Waals surface area contributed by atoms with E-state index in [1.165, 1.54) is 12.1 Å². The summed E-state index contributed by atoms with van der Waals surface area (Å²) in [6.45, 7) is 3.49. The largest absolute Gasteiger partial charge is 0.331 e. The lowest BCUT2D eigenvalue weighted by atomic mass is 9.84. The van der Waals surface area contributed by atoms with Crippen molar-refractivity contribution < 1.29 is 14.0 Å². The number of carbonyl (C=O) groups is 2. The number of hydrogen-bond donors (Lipinski definition) is 3. The van der Waals surface area contributed by atoms with Crippen LogP contribution in [0.1, 0.15) is 44.6 Å². The fourth-order valence-corrected chi connectivity index (χ4v) is 5.65. The van der Waals surface area contributed by atoms with Crippen molar-refractivity contribution in [2.75, 3.05) is 18.4 Å². The van der Waals surface area contributed by atoms with E-state index in [1.54, 1.807) is 30.3 Å². The van der Waals surface area contributed by atoms with E-state index < -0.39 is 5.54 Å². The average molecular weight is 480 g/mol. The third-order valence-corrected chi connectivity index (χ3v) is 7.50. The van der Waals surface area contributed by atoms with Crippen LogP contribution in [0.15, 0.2) is 47.3 Å². The molecule has 35 heavy (non-hydrogen) atoms. The van der Waals surface area contributed by atoms with E-state index in [1.807, 2.05) is 4.90 Å². The number of carbonyl (C=O) groups excluding carboxylic acids is 2. The molecule has 2 atom stereocenters. The summed E-state index contributed by atoms with van der Waals surface area (Å²) in [5.41, 5.74) is 2.14. The molecule has 3 aromatic rings. The first kappa shape index (κ1) is 23.3. The third-order valence-electron chi connectivity index (χ3n) is 7.50. The number of anilines is 1. The Bertz CT molecular complexity index is 1300. The maximum Gasteiger partial charge on any atom is 0.323 e. The van der Waals surface area contributed by atoms with Gasteiger partial charge in [0, 0.05) is 31.2 Å². The van der Waals surface area contributed by atoms with Crippen LogP contribution >= 0.6 is 0 Å². The molecule has 3 heterocycles. The van der Waals surface area contributed by atoms with Crippen LogP contribution < -0.4 is 11.0 Å². The first-order chi connectivity index (χ1) is 16.8. The van der Waals surface area contributed by atoms with Crippen LogP contribution in [0.4, 0.5) is 10.1 Å². The monoisotopic (exact) mass is 479 g/mol. The molecule has 0 unspecified atom stereocenters. The van der Waals surface area contributed by atoms with Crippen molar-refractivity contribution in [3.8, 4) is 0 Å². The highest BCUT2D eigenvalue weighted by Crippen LogP contribution is 2.39. The van der Waals surface area contributed by atoms with E-state index in [9.17, 15) is 18.8 Å². The van der Waals surface area contributed by atoms with Gasteiger partial charge in [-0.2, -0.15) is 0 Å². The Morgan fingerprint density at radius 2 is 1.89 bits per heavy atom. The number of imidazole rings is 1. The molecule has 3 N–H and O–H groups in total. The minimum absolute atomic E-state index is 0.0569. The topological polar surface area (TPSA) is 101 Å². The third kappa shape index (κ3) is 4.73. The van der Waals surface area contributed by atoms with Gasteiger partial charge in [-0.25, -0.2) is 9.18 Å². The van der Waals surface area contributed by atoms with E-state index in [2.05, 4.69) is 27.1 Å². The first-order valence-electron chi connectivity index (χ1n) is 12.1. The Morgan fingerprint density at radius 1 is 1.11 bits per heavy atom. The van der Waals surface area contributed by atoms with Crippen molar-refractivity contribution in [3.63, 3.8) is 0 Å². The van der Waals surface area contributed by atoms with Crippen LogP contribution in [0, 0.1) is 5.82 Å². The number of likely N-dealkylation sites (tertiary alicyclic amines) is 2.